The van der Waals surface area contributed by atoms with E-state index in [2.05, 4.69) is 15.4 Å². The van der Waals surface area contributed by atoms with Crippen LogP contribution in [0.3, 0.4) is 0 Å². The molecule has 9 heteroatoms. The van der Waals surface area contributed by atoms with Gasteiger partial charge in [-0.1, -0.05) is 12.8 Å². The molecule has 0 atom stereocenters. The Morgan fingerprint density at radius 2 is 1.93 bits per heavy atom. The van der Waals surface area contributed by atoms with Crippen LogP contribution in [0.1, 0.15) is 70.8 Å². The van der Waals surface area contributed by atoms with Crippen molar-refractivity contribution in [3.05, 3.63) is 34.8 Å². The second-order valence-corrected chi connectivity index (χ2v) is 7.07. The van der Waals surface area contributed by atoms with Gasteiger partial charge in [-0.05, 0) is 39.2 Å². The van der Waals surface area contributed by atoms with Gasteiger partial charge in [0.25, 0.3) is 5.91 Å². The maximum absolute atomic E-state index is 12.4. The van der Waals surface area contributed by atoms with Crippen molar-refractivity contribution < 1.29 is 23.9 Å². The third-order valence-electron chi connectivity index (χ3n) is 5.06. The van der Waals surface area contributed by atoms with Crippen LogP contribution in [0.15, 0.2) is 12.3 Å². The van der Waals surface area contributed by atoms with Crippen LogP contribution in [0.25, 0.3) is 0 Å². The highest BCUT2D eigenvalue weighted by molar-refractivity contribution is 5.99. The topological polar surface area (TPSA) is 115 Å². The van der Waals surface area contributed by atoms with Gasteiger partial charge in [-0.3, -0.25) is 4.79 Å². The molecule has 2 heterocycles. The summed E-state index contributed by atoms with van der Waals surface area (Å²) in [6.07, 6.45) is 6.01. The molecule has 1 saturated carbocycles. The maximum atomic E-state index is 12.4. The normalized spacial score (nSPS) is 14.0. The molecule has 0 radical (unpaired) electrons. The predicted octanol–water partition coefficient (Wildman–Crippen LogP) is 2.92. The standard InChI is InChI=1S/C20H26N4O5/c1-4-28-19(26)17-12(2)18(22-13(17)3)20(27)29-11-16(25)23-15-9-10-21-24(15)14-7-5-6-8-14/h9-10,14,22H,4-8,11H2,1-3H3,(H,23,25). The number of esters is 2. The zero-order chi connectivity index (χ0) is 21.0. The number of carbonyl (C=O) groups is 3. The molecule has 0 spiro atoms. The first kappa shape index (κ1) is 20.6. The number of rotatable bonds is 7. The minimum absolute atomic E-state index is 0.134. The minimum Gasteiger partial charge on any atom is -0.462 e. The van der Waals surface area contributed by atoms with E-state index >= 15 is 0 Å². The lowest BCUT2D eigenvalue weighted by molar-refractivity contribution is -0.119. The van der Waals surface area contributed by atoms with Crippen LogP contribution in [0.5, 0.6) is 0 Å². The molecule has 1 amide bonds. The van der Waals surface area contributed by atoms with Crippen molar-refractivity contribution in [3.63, 3.8) is 0 Å². The Balaban J connectivity index is 1.60. The Hall–Kier alpha value is -3.10. The van der Waals surface area contributed by atoms with Gasteiger partial charge in [-0.2, -0.15) is 5.10 Å². The van der Waals surface area contributed by atoms with Crippen molar-refractivity contribution in [1.29, 1.82) is 0 Å². The number of aromatic nitrogens is 3. The van der Waals surface area contributed by atoms with E-state index in [1.165, 1.54) is 0 Å². The fourth-order valence-corrected chi connectivity index (χ4v) is 3.70. The minimum atomic E-state index is -0.708. The first-order valence-corrected chi connectivity index (χ1v) is 9.79. The van der Waals surface area contributed by atoms with E-state index in [-0.39, 0.29) is 18.3 Å². The summed E-state index contributed by atoms with van der Waals surface area (Å²) in [5, 5.41) is 7.04. The molecular formula is C20H26N4O5. The van der Waals surface area contributed by atoms with Gasteiger partial charge in [0.15, 0.2) is 6.61 Å². The van der Waals surface area contributed by atoms with Gasteiger partial charge in [0, 0.05) is 11.8 Å². The van der Waals surface area contributed by atoms with E-state index < -0.39 is 24.5 Å². The average Bonchev–Trinajstić information content (AvgIpc) is 3.40. The fourth-order valence-electron chi connectivity index (χ4n) is 3.70. The molecule has 0 bridgehead atoms. The van der Waals surface area contributed by atoms with Gasteiger partial charge < -0.3 is 19.8 Å². The van der Waals surface area contributed by atoms with Gasteiger partial charge in [-0.15, -0.1) is 0 Å². The molecule has 0 unspecified atom stereocenters. The molecule has 2 aromatic rings. The van der Waals surface area contributed by atoms with Gasteiger partial charge in [0.2, 0.25) is 0 Å². The second kappa shape index (κ2) is 8.93. The molecule has 1 fully saturated rings. The van der Waals surface area contributed by atoms with Crippen LogP contribution >= 0.6 is 0 Å². The smallest absolute Gasteiger partial charge is 0.355 e. The summed E-state index contributed by atoms with van der Waals surface area (Å²) in [5.41, 5.74) is 1.39. The Morgan fingerprint density at radius 1 is 1.21 bits per heavy atom. The van der Waals surface area contributed by atoms with Gasteiger partial charge >= 0.3 is 11.9 Å². The van der Waals surface area contributed by atoms with Crippen LogP contribution in [-0.2, 0) is 14.3 Å². The van der Waals surface area contributed by atoms with Gasteiger partial charge in [0.05, 0.1) is 24.4 Å². The summed E-state index contributed by atoms with van der Waals surface area (Å²) in [5.74, 6) is -1.07. The number of H-pyrrole nitrogens is 1. The van der Waals surface area contributed by atoms with E-state index in [0.29, 0.717) is 22.6 Å². The monoisotopic (exact) mass is 402 g/mol. The number of anilines is 1. The zero-order valence-corrected chi connectivity index (χ0v) is 16.9. The first-order valence-electron chi connectivity index (χ1n) is 9.79. The molecule has 0 saturated heterocycles. The van der Waals surface area contributed by atoms with E-state index in [9.17, 15) is 14.4 Å². The third-order valence-corrected chi connectivity index (χ3v) is 5.06. The Labute approximate surface area is 168 Å². The van der Waals surface area contributed by atoms with Crippen molar-refractivity contribution in [3.8, 4) is 0 Å². The average molecular weight is 402 g/mol. The number of carbonyl (C=O) groups excluding carboxylic acids is 3. The molecule has 2 aromatic heterocycles. The molecule has 0 aromatic carbocycles. The van der Waals surface area contributed by atoms with Crippen LogP contribution in [0.2, 0.25) is 0 Å². The number of ether oxygens (including phenoxy) is 2. The van der Waals surface area contributed by atoms with E-state index in [0.717, 1.165) is 25.7 Å². The van der Waals surface area contributed by atoms with Crippen molar-refractivity contribution in [2.24, 2.45) is 0 Å². The highest BCUT2D eigenvalue weighted by atomic mass is 16.5. The number of nitrogens with zero attached hydrogens (tertiary/aromatic N) is 2. The summed E-state index contributed by atoms with van der Waals surface area (Å²) < 4.78 is 12.0. The Kier molecular flexibility index (Phi) is 6.36. The van der Waals surface area contributed by atoms with Crippen molar-refractivity contribution in [1.82, 2.24) is 14.8 Å². The molecule has 156 valence electrons. The van der Waals surface area contributed by atoms with E-state index in [1.54, 1.807) is 33.0 Å². The predicted molar refractivity (Wildman–Crippen MR) is 105 cm³/mol. The lowest BCUT2D eigenvalue weighted by atomic mass is 10.1. The highest BCUT2D eigenvalue weighted by Crippen LogP contribution is 2.31. The summed E-state index contributed by atoms with van der Waals surface area (Å²) >= 11 is 0. The van der Waals surface area contributed by atoms with Crippen molar-refractivity contribution >= 4 is 23.7 Å². The molecule has 2 N–H and O–H groups in total. The zero-order valence-electron chi connectivity index (χ0n) is 16.9. The van der Waals surface area contributed by atoms with Crippen molar-refractivity contribution in [2.45, 2.75) is 52.5 Å². The van der Waals surface area contributed by atoms with Gasteiger partial charge in [-0.25, -0.2) is 14.3 Å². The lowest BCUT2D eigenvalue weighted by Crippen LogP contribution is -2.23. The van der Waals surface area contributed by atoms with Crippen LogP contribution < -0.4 is 5.32 Å². The number of hydrogen-bond acceptors (Lipinski definition) is 6. The molecule has 1 aliphatic carbocycles. The summed E-state index contributed by atoms with van der Waals surface area (Å²) in [7, 11) is 0. The fraction of sp³-hybridized carbons (Fsp3) is 0.500. The summed E-state index contributed by atoms with van der Waals surface area (Å²) in [4.78, 5) is 39.5. The van der Waals surface area contributed by atoms with Gasteiger partial charge in [0.1, 0.15) is 11.5 Å². The van der Waals surface area contributed by atoms with Crippen LogP contribution in [-0.4, -0.2) is 45.8 Å². The third kappa shape index (κ3) is 4.49. The van der Waals surface area contributed by atoms with E-state index in [1.807, 2.05) is 4.68 Å². The SMILES string of the molecule is CCOC(=O)c1c(C)[nH]c(C(=O)OCC(=O)Nc2ccnn2C2CCCC2)c1C. The van der Waals surface area contributed by atoms with E-state index in [4.69, 9.17) is 9.47 Å². The lowest BCUT2D eigenvalue weighted by Gasteiger charge is -2.14. The molecule has 29 heavy (non-hydrogen) atoms. The molecule has 1 aliphatic rings. The largest absolute Gasteiger partial charge is 0.462 e. The number of hydrogen-bond donors (Lipinski definition) is 2. The summed E-state index contributed by atoms with van der Waals surface area (Å²) in [6, 6.07) is 2.01. The number of amides is 1. The molecular weight excluding hydrogens is 376 g/mol. The quantitative estimate of drug-likeness (QED) is 0.688. The first-order chi connectivity index (χ1) is 13.9. The summed E-state index contributed by atoms with van der Waals surface area (Å²) in [6.45, 7) is 4.81. The maximum Gasteiger partial charge on any atom is 0.355 e. The molecule has 0 aliphatic heterocycles. The number of nitrogens with one attached hydrogen (secondary N) is 2. The Morgan fingerprint density at radius 3 is 2.62 bits per heavy atom. The number of aromatic amines is 1. The second-order valence-electron chi connectivity index (χ2n) is 7.07. The molecule has 3 rings (SSSR count). The number of aryl methyl sites for hydroxylation is 1. The van der Waals surface area contributed by atoms with Crippen LogP contribution in [0, 0.1) is 13.8 Å². The van der Waals surface area contributed by atoms with Crippen LogP contribution in [0.4, 0.5) is 5.82 Å². The van der Waals surface area contributed by atoms with Crippen molar-refractivity contribution in [2.75, 3.05) is 18.5 Å². The molecule has 9 nitrogen and oxygen atoms in total. The Bertz CT molecular complexity index is 908. The highest BCUT2D eigenvalue weighted by Gasteiger charge is 2.25.